The molecule has 0 saturated carbocycles. The molecule has 0 spiro atoms. The number of piperazine rings is 1. The minimum absolute atomic E-state index is 0.0146. The summed E-state index contributed by atoms with van der Waals surface area (Å²) in [7, 11) is 3.45. The minimum atomic E-state index is -1.46. The fourth-order valence-corrected chi connectivity index (χ4v) is 8.92. The molecule has 4 heterocycles. The second-order valence-electron chi connectivity index (χ2n) is 15.3. The molecule has 1 unspecified atom stereocenters. The van der Waals surface area contributed by atoms with Gasteiger partial charge in [-0.25, -0.2) is 14.5 Å². The summed E-state index contributed by atoms with van der Waals surface area (Å²) in [5.41, 5.74) is 3.20. The third-order valence-corrected chi connectivity index (χ3v) is 12.1. The quantitative estimate of drug-likeness (QED) is 0.206. The molecule has 4 amide bonds. The Labute approximate surface area is 341 Å². The number of methoxy groups -OCH3 is 1. The van der Waals surface area contributed by atoms with Crippen molar-refractivity contribution in [3.05, 3.63) is 89.0 Å². The summed E-state index contributed by atoms with van der Waals surface area (Å²) in [4.78, 5) is 61.7. The predicted octanol–water partition coefficient (Wildman–Crippen LogP) is 5.90. The van der Waals surface area contributed by atoms with Gasteiger partial charge in [0.2, 0.25) is 5.91 Å². The van der Waals surface area contributed by atoms with Gasteiger partial charge in [-0.2, -0.15) is 0 Å². The fourth-order valence-electron chi connectivity index (χ4n) is 8.66. The molecular formula is C43H46ClN5O9. The molecule has 14 nitrogen and oxygen atoms in total. The molecule has 0 radical (unpaired) electrons. The smallest absolute Gasteiger partial charge is 0.415 e. The van der Waals surface area contributed by atoms with Gasteiger partial charge in [0, 0.05) is 68.6 Å². The van der Waals surface area contributed by atoms with Crippen molar-refractivity contribution in [3.63, 3.8) is 0 Å². The van der Waals surface area contributed by atoms with Crippen LogP contribution in [0, 0.1) is 0 Å². The predicted molar refractivity (Wildman–Crippen MR) is 218 cm³/mol. The molecule has 4 aliphatic rings. The van der Waals surface area contributed by atoms with Crippen LogP contribution in [0.1, 0.15) is 52.2 Å². The van der Waals surface area contributed by atoms with Crippen LogP contribution < -0.4 is 24.0 Å². The number of amides is 4. The Morgan fingerprint density at radius 3 is 2.34 bits per heavy atom. The van der Waals surface area contributed by atoms with Crippen LogP contribution in [-0.2, 0) is 17.8 Å². The number of halogens is 1. The number of likely N-dealkylation sites (N-methyl/N-ethyl adjacent to an activating group) is 1. The summed E-state index contributed by atoms with van der Waals surface area (Å²) in [5, 5.41) is 23.1. The van der Waals surface area contributed by atoms with Gasteiger partial charge < -0.3 is 44.0 Å². The zero-order valence-corrected chi connectivity index (χ0v) is 33.2. The first-order valence-electron chi connectivity index (χ1n) is 19.6. The summed E-state index contributed by atoms with van der Waals surface area (Å²) in [6, 6.07) is 19.1. The third-order valence-electron chi connectivity index (χ3n) is 11.7. The first kappa shape index (κ1) is 39.3. The Bertz CT molecular complexity index is 2260. The van der Waals surface area contributed by atoms with Crippen molar-refractivity contribution in [2.75, 3.05) is 69.1 Å². The van der Waals surface area contributed by atoms with Crippen LogP contribution >= 0.6 is 11.6 Å². The van der Waals surface area contributed by atoms with Crippen LogP contribution in [0.3, 0.4) is 0 Å². The number of nitrogens with zero attached hydrogens (tertiary/aromatic N) is 5. The molecule has 0 aliphatic carbocycles. The number of anilines is 2. The second-order valence-corrected chi connectivity index (χ2v) is 15.6. The molecule has 0 bridgehead atoms. The molecule has 4 aromatic rings. The van der Waals surface area contributed by atoms with Crippen LogP contribution in [-0.4, -0.2) is 120 Å². The highest BCUT2D eigenvalue weighted by atomic mass is 35.5. The van der Waals surface area contributed by atoms with Crippen LogP contribution in [0.25, 0.3) is 10.8 Å². The fraction of sp³-hybridized carbons (Fsp3) is 0.395. The van der Waals surface area contributed by atoms with Gasteiger partial charge in [-0.3, -0.25) is 9.59 Å². The molecule has 15 heteroatoms. The number of hydrogen-bond donors (Lipinski definition) is 2. The zero-order valence-electron chi connectivity index (χ0n) is 32.4. The van der Waals surface area contributed by atoms with E-state index >= 15 is 0 Å². The van der Waals surface area contributed by atoms with E-state index in [1.165, 1.54) is 19.2 Å². The molecule has 0 aromatic heterocycles. The lowest BCUT2D eigenvalue weighted by molar-refractivity contribution is -0.117. The first-order valence-corrected chi connectivity index (χ1v) is 20.1. The molecule has 304 valence electrons. The van der Waals surface area contributed by atoms with Gasteiger partial charge in [-0.15, -0.1) is 11.6 Å². The number of fused-ring (bicyclic) bond motifs is 5. The lowest BCUT2D eigenvalue weighted by Crippen LogP contribution is -2.54. The third kappa shape index (κ3) is 7.36. The van der Waals surface area contributed by atoms with Crippen molar-refractivity contribution >= 4 is 57.7 Å². The number of carbonyl (C=O) groups excluding carboxylic acids is 3. The lowest BCUT2D eigenvalue weighted by atomic mass is 9.95. The summed E-state index contributed by atoms with van der Waals surface area (Å²) < 4.78 is 17.8. The largest absolute Gasteiger partial charge is 0.493 e. The Morgan fingerprint density at radius 1 is 0.862 bits per heavy atom. The van der Waals surface area contributed by atoms with Gasteiger partial charge in [-0.05, 0) is 54.5 Å². The number of aliphatic hydroxyl groups excluding tert-OH is 1. The lowest BCUT2D eigenvalue weighted by Gasteiger charge is -2.38. The average molecular weight is 812 g/mol. The topological polar surface area (TPSA) is 153 Å². The van der Waals surface area contributed by atoms with Crippen molar-refractivity contribution in [1.29, 1.82) is 0 Å². The van der Waals surface area contributed by atoms with Crippen molar-refractivity contribution in [2.24, 2.45) is 0 Å². The number of ether oxygens (including phenoxy) is 3. The normalized spacial score (nSPS) is 20.6. The summed E-state index contributed by atoms with van der Waals surface area (Å²) in [5.74, 6) is 0.453. The Balaban J connectivity index is 1.02. The van der Waals surface area contributed by atoms with Crippen LogP contribution in [0.5, 0.6) is 17.2 Å². The van der Waals surface area contributed by atoms with E-state index in [1.807, 2.05) is 55.6 Å². The van der Waals surface area contributed by atoms with Gasteiger partial charge in [-0.1, -0.05) is 48.5 Å². The van der Waals surface area contributed by atoms with E-state index in [4.69, 9.17) is 25.8 Å². The maximum absolute atomic E-state index is 14.2. The van der Waals surface area contributed by atoms with E-state index in [-0.39, 0.29) is 53.5 Å². The van der Waals surface area contributed by atoms with Gasteiger partial charge in [0.25, 0.3) is 5.91 Å². The Kier molecular flexibility index (Phi) is 11.1. The second kappa shape index (κ2) is 16.4. The van der Waals surface area contributed by atoms with Gasteiger partial charge in [0.15, 0.2) is 17.7 Å². The minimum Gasteiger partial charge on any atom is -0.493 e. The van der Waals surface area contributed by atoms with E-state index < -0.39 is 24.5 Å². The SMILES string of the molecule is COc1cc2c(cc1OCc1cccc(CC(=O)N3C[C@@H](CCl)c4c3cc(OC(=O)N3CCN(C)CC3)c3ccccc43)c1)N(C(=O)O)C(O)[C@@H]1CCCCN1C2=O. The number of alkyl halides is 1. The highest BCUT2D eigenvalue weighted by molar-refractivity contribution is 6.19. The van der Waals surface area contributed by atoms with E-state index in [2.05, 4.69) is 4.90 Å². The van der Waals surface area contributed by atoms with Crippen molar-refractivity contribution in [1.82, 2.24) is 14.7 Å². The van der Waals surface area contributed by atoms with Crippen LogP contribution in [0.15, 0.2) is 66.7 Å². The standard InChI is InChI=1S/C43H46ClN5O9/c1-45-14-16-46(17-15-45)43(55)58-35-22-34-39(30-11-4-3-10-29(30)35)28(23-44)24-48(34)38(50)19-26-8-7-9-27(18-26)25-57-37-21-33-31(20-36(37)56-2)40(51)47-13-6-5-12-32(47)41(52)49(33)42(53)54/h3-4,7-11,18,20-22,28,32,41,52H,5-6,12-17,19,23-25H2,1-2H3,(H,53,54)/t28-,32+,41?/m1/s1. The molecule has 4 aliphatic heterocycles. The molecule has 2 saturated heterocycles. The molecule has 58 heavy (non-hydrogen) atoms. The molecular weight excluding hydrogens is 766 g/mol. The number of benzene rings is 4. The summed E-state index contributed by atoms with van der Waals surface area (Å²) in [6.45, 7) is 3.47. The van der Waals surface area contributed by atoms with Gasteiger partial charge in [0.1, 0.15) is 12.4 Å². The molecule has 3 atom stereocenters. The molecule has 4 aromatic carbocycles. The van der Waals surface area contributed by atoms with Crippen molar-refractivity contribution < 1.29 is 43.6 Å². The van der Waals surface area contributed by atoms with Crippen LogP contribution in [0.4, 0.5) is 21.0 Å². The van der Waals surface area contributed by atoms with E-state index in [9.17, 15) is 29.4 Å². The number of carboxylic acid groups (broad SMARTS) is 1. The average Bonchev–Trinajstić information content (AvgIpc) is 3.58. The number of aliphatic hydroxyl groups is 1. The number of piperidine rings is 1. The van der Waals surface area contributed by atoms with Gasteiger partial charge >= 0.3 is 12.2 Å². The van der Waals surface area contributed by atoms with Crippen LogP contribution in [0.2, 0.25) is 0 Å². The highest BCUT2D eigenvalue weighted by Crippen LogP contribution is 2.46. The Hall–Kier alpha value is -5.57. The number of rotatable bonds is 8. The maximum atomic E-state index is 14.2. The van der Waals surface area contributed by atoms with E-state index in [1.54, 1.807) is 20.8 Å². The van der Waals surface area contributed by atoms with E-state index in [0.717, 1.165) is 58.3 Å². The molecule has 8 rings (SSSR count). The molecule has 2 fully saturated rings. The maximum Gasteiger partial charge on any atom is 0.415 e. The first-order chi connectivity index (χ1) is 28.1. The highest BCUT2D eigenvalue weighted by Gasteiger charge is 2.44. The zero-order chi connectivity index (χ0) is 40.7. The number of carbonyl (C=O) groups is 4. The van der Waals surface area contributed by atoms with E-state index in [0.29, 0.717) is 49.9 Å². The Morgan fingerprint density at radius 2 is 1.60 bits per heavy atom. The monoisotopic (exact) mass is 811 g/mol. The summed E-state index contributed by atoms with van der Waals surface area (Å²) in [6.07, 6.45) is -1.20. The summed E-state index contributed by atoms with van der Waals surface area (Å²) >= 11 is 6.53. The van der Waals surface area contributed by atoms with Crippen molar-refractivity contribution in [2.45, 2.75) is 50.5 Å². The molecule has 2 N–H and O–H groups in total. The number of hydrogen-bond acceptors (Lipinski definition) is 9. The van der Waals surface area contributed by atoms with Crippen molar-refractivity contribution in [3.8, 4) is 17.2 Å². The van der Waals surface area contributed by atoms with Gasteiger partial charge in [0.05, 0.1) is 36.5 Å².